The van der Waals surface area contributed by atoms with Crippen molar-refractivity contribution in [3.05, 3.63) is 48.5 Å². The van der Waals surface area contributed by atoms with Crippen molar-refractivity contribution in [1.29, 1.82) is 0 Å². The fraction of sp³-hybridized carbons (Fsp3) is 0.480. The van der Waals surface area contributed by atoms with E-state index in [9.17, 15) is 13.2 Å². The third-order valence-corrected chi connectivity index (χ3v) is 8.23. The molecule has 0 bridgehead atoms. The van der Waals surface area contributed by atoms with Gasteiger partial charge in [0.1, 0.15) is 5.75 Å². The van der Waals surface area contributed by atoms with Gasteiger partial charge in [-0.3, -0.25) is 4.79 Å². The van der Waals surface area contributed by atoms with Crippen molar-refractivity contribution < 1.29 is 17.9 Å². The highest BCUT2D eigenvalue weighted by molar-refractivity contribution is 7.89. The second kappa shape index (κ2) is 11.5. The number of sulfonamides is 1. The van der Waals surface area contributed by atoms with E-state index in [1.165, 1.54) is 23.9 Å². The molecular weight excluding hydrogens is 438 g/mol. The van der Waals surface area contributed by atoms with Crippen molar-refractivity contribution in [3.8, 4) is 5.75 Å². The van der Waals surface area contributed by atoms with Crippen LogP contribution >= 0.6 is 0 Å². The number of ether oxygens (including phenoxy) is 1. The fourth-order valence-corrected chi connectivity index (χ4v) is 5.93. The summed E-state index contributed by atoms with van der Waals surface area (Å²) in [6, 6.07) is 14.6. The maximum absolute atomic E-state index is 13.4. The summed E-state index contributed by atoms with van der Waals surface area (Å²) in [5.74, 6) is 0.442. The average Bonchev–Trinajstić information content (AvgIpc) is 2.84. The summed E-state index contributed by atoms with van der Waals surface area (Å²) in [6.07, 6.45) is 5.42. The minimum absolute atomic E-state index is 0.0382. The van der Waals surface area contributed by atoms with Crippen LogP contribution in [0.3, 0.4) is 0 Å². The number of carbonyl (C=O) groups is 1. The topological polar surface area (TPSA) is 79.0 Å². The fourth-order valence-electron chi connectivity index (χ4n) is 4.44. The number of nitrogens with zero attached hydrogens (tertiary/aromatic N) is 2. The molecule has 1 amide bonds. The summed E-state index contributed by atoms with van der Waals surface area (Å²) >= 11 is 0. The summed E-state index contributed by atoms with van der Waals surface area (Å²) in [5.41, 5.74) is 1.37. The summed E-state index contributed by atoms with van der Waals surface area (Å²) in [6.45, 7) is 4.44. The van der Waals surface area contributed by atoms with Gasteiger partial charge in [-0.05, 0) is 43.2 Å². The quantitative estimate of drug-likeness (QED) is 0.550. The Bertz CT molecular complexity index is 1020. The van der Waals surface area contributed by atoms with Crippen molar-refractivity contribution in [2.24, 2.45) is 0 Å². The van der Waals surface area contributed by atoms with Gasteiger partial charge in [0.05, 0.1) is 24.2 Å². The number of rotatable bonds is 10. The first kappa shape index (κ1) is 25.1. The second-order valence-electron chi connectivity index (χ2n) is 8.20. The van der Waals surface area contributed by atoms with Crippen LogP contribution in [0.15, 0.2) is 53.4 Å². The highest BCUT2D eigenvalue weighted by atomic mass is 32.2. The third kappa shape index (κ3) is 5.86. The number of methoxy groups -OCH3 is 1. The number of nitrogens with one attached hydrogen (secondary N) is 1. The molecule has 2 aromatic carbocycles. The van der Waals surface area contributed by atoms with Gasteiger partial charge in [-0.25, -0.2) is 8.42 Å². The molecular formula is C25H35N3O4S. The molecule has 1 aliphatic carbocycles. The van der Waals surface area contributed by atoms with Crippen LogP contribution in [-0.4, -0.2) is 51.4 Å². The molecule has 33 heavy (non-hydrogen) atoms. The van der Waals surface area contributed by atoms with Gasteiger partial charge in [-0.2, -0.15) is 4.31 Å². The first-order valence-corrected chi connectivity index (χ1v) is 13.2. The van der Waals surface area contributed by atoms with E-state index >= 15 is 0 Å². The first-order valence-electron chi connectivity index (χ1n) is 11.7. The predicted octanol–water partition coefficient (Wildman–Crippen LogP) is 4.50. The molecule has 1 aliphatic rings. The van der Waals surface area contributed by atoms with E-state index in [-0.39, 0.29) is 23.4 Å². The standard InChI is InChI=1S/C25H35N3O4S/c1-4-27(5-2)33(30,31)22-16-17-24(32-3)23(18-22)26-19-25(29)28(20-12-8-6-9-13-20)21-14-10-7-11-15-21/h6,8-9,12-13,16-18,21,26H,4-5,7,10-11,14-15,19H2,1-3H3. The number of benzene rings is 2. The lowest BCUT2D eigenvalue weighted by molar-refractivity contribution is -0.117. The van der Waals surface area contributed by atoms with Crippen LogP contribution in [0, 0.1) is 0 Å². The van der Waals surface area contributed by atoms with Crippen LogP contribution in [0.5, 0.6) is 5.75 Å². The van der Waals surface area contributed by atoms with E-state index in [0.717, 1.165) is 31.4 Å². The maximum atomic E-state index is 13.4. The normalized spacial score (nSPS) is 14.8. The number of hydrogen-bond donors (Lipinski definition) is 1. The van der Waals surface area contributed by atoms with E-state index in [4.69, 9.17) is 4.74 Å². The second-order valence-corrected chi connectivity index (χ2v) is 10.1. The molecule has 1 fully saturated rings. The van der Waals surface area contributed by atoms with E-state index in [2.05, 4.69) is 5.32 Å². The molecule has 0 radical (unpaired) electrons. The SMILES string of the molecule is CCN(CC)S(=O)(=O)c1ccc(OC)c(NCC(=O)N(c2ccccc2)C2CCCCC2)c1. The largest absolute Gasteiger partial charge is 0.495 e. The van der Waals surface area contributed by atoms with Crippen molar-refractivity contribution in [2.45, 2.75) is 56.9 Å². The smallest absolute Gasteiger partial charge is 0.246 e. The Kier molecular flexibility index (Phi) is 8.74. The van der Waals surface area contributed by atoms with Crippen molar-refractivity contribution in [1.82, 2.24) is 4.31 Å². The van der Waals surface area contributed by atoms with E-state index in [1.54, 1.807) is 12.1 Å². The number of hydrogen-bond acceptors (Lipinski definition) is 5. The predicted molar refractivity (Wildman–Crippen MR) is 132 cm³/mol. The molecule has 0 spiro atoms. The summed E-state index contributed by atoms with van der Waals surface area (Å²) in [7, 11) is -2.09. The summed E-state index contributed by atoms with van der Waals surface area (Å²) < 4.78 is 32.8. The maximum Gasteiger partial charge on any atom is 0.246 e. The Morgan fingerprint density at radius 3 is 2.30 bits per heavy atom. The van der Waals surface area contributed by atoms with Gasteiger partial charge in [-0.15, -0.1) is 0 Å². The Balaban J connectivity index is 1.84. The zero-order valence-corrected chi connectivity index (χ0v) is 20.6. The molecule has 8 heteroatoms. The number of carbonyl (C=O) groups excluding carboxylic acids is 1. The molecule has 180 valence electrons. The van der Waals surface area contributed by atoms with Gasteiger partial charge in [0.15, 0.2) is 0 Å². The van der Waals surface area contributed by atoms with Gasteiger partial charge in [-0.1, -0.05) is 51.3 Å². The van der Waals surface area contributed by atoms with Crippen molar-refractivity contribution in [2.75, 3.05) is 37.0 Å². The van der Waals surface area contributed by atoms with Crippen LogP contribution in [-0.2, 0) is 14.8 Å². The Morgan fingerprint density at radius 2 is 1.70 bits per heavy atom. The lowest BCUT2D eigenvalue weighted by atomic mass is 9.93. The number of amides is 1. The molecule has 0 aromatic heterocycles. The van der Waals surface area contributed by atoms with Crippen LogP contribution in [0.4, 0.5) is 11.4 Å². The highest BCUT2D eigenvalue weighted by Gasteiger charge is 2.27. The molecule has 7 nitrogen and oxygen atoms in total. The molecule has 0 unspecified atom stereocenters. The Morgan fingerprint density at radius 1 is 1.03 bits per heavy atom. The summed E-state index contributed by atoms with van der Waals surface area (Å²) in [5, 5.41) is 3.14. The molecule has 3 rings (SSSR count). The zero-order valence-electron chi connectivity index (χ0n) is 19.8. The first-order chi connectivity index (χ1) is 15.9. The van der Waals surface area contributed by atoms with Gasteiger partial charge < -0.3 is 15.0 Å². The van der Waals surface area contributed by atoms with Gasteiger partial charge in [0.25, 0.3) is 0 Å². The third-order valence-electron chi connectivity index (χ3n) is 6.19. The van der Waals surface area contributed by atoms with E-state index in [0.29, 0.717) is 24.5 Å². The molecule has 0 heterocycles. The zero-order chi connectivity index (χ0) is 23.8. The lowest BCUT2D eigenvalue weighted by Gasteiger charge is -2.34. The van der Waals surface area contributed by atoms with E-state index < -0.39 is 10.0 Å². The molecule has 1 N–H and O–H groups in total. The molecule has 0 saturated heterocycles. The molecule has 0 atom stereocenters. The van der Waals surface area contributed by atoms with Crippen LogP contribution in [0.1, 0.15) is 46.0 Å². The summed E-state index contributed by atoms with van der Waals surface area (Å²) in [4.78, 5) is 15.5. The Labute approximate surface area is 197 Å². The molecule has 1 saturated carbocycles. The molecule has 0 aliphatic heterocycles. The van der Waals surface area contributed by atoms with Gasteiger partial charge in [0, 0.05) is 24.8 Å². The molecule has 2 aromatic rings. The average molecular weight is 474 g/mol. The van der Waals surface area contributed by atoms with Crippen LogP contribution in [0.25, 0.3) is 0 Å². The number of para-hydroxylation sites is 1. The monoisotopic (exact) mass is 473 g/mol. The van der Waals surface area contributed by atoms with Crippen LogP contribution in [0.2, 0.25) is 0 Å². The van der Waals surface area contributed by atoms with Gasteiger partial charge in [0.2, 0.25) is 15.9 Å². The van der Waals surface area contributed by atoms with Gasteiger partial charge >= 0.3 is 0 Å². The minimum Gasteiger partial charge on any atom is -0.495 e. The highest BCUT2D eigenvalue weighted by Crippen LogP contribution is 2.30. The lowest BCUT2D eigenvalue weighted by Crippen LogP contribution is -2.44. The Hall–Kier alpha value is -2.58. The van der Waals surface area contributed by atoms with Crippen LogP contribution < -0.4 is 15.0 Å². The van der Waals surface area contributed by atoms with E-state index in [1.807, 2.05) is 49.1 Å². The van der Waals surface area contributed by atoms with Crippen molar-refractivity contribution in [3.63, 3.8) is 0 Å². The number of anilines is 2. The minimum atomic E-state index is -3.62. The van der Waals surface area contributed by atoms with Crippen molar-refractivity contribution >= 4 is 27.3 Å².